The van der Waals surface area contributed by atoms with E-state index >= 15 is 0 Å². The first kappa shape index (κ1) is 30.8. The molecular formula is C37H39ClGeNPSi. The summed E-state index contributed by atoms with van der Waals surface area (Å²) in [5.41, 5.74) is 4.18. The van der Waals surface area contributed by atoms with E-state index in [-0.39, 0.29) is 0 Å². The van der Waals surface area contributed by atoms with Crippen LogP contribution in [-0.2, 0) is 0 Å². The van der Waals surface area contributed by atoms with Gasteiger partial charge in [0.25, 0.3) is 0 Å². The molecule has 0 unspecified atom stereocenters. The second kappa shape index (κ2) is 14.2. The Labute approximate surface area is 265 Å². The predicted octanol–water partition coefficient (Wildman–Crippen LogP) is 7.94. The summed E-state index contributed by atoms with van der Waals surface area (Å²) in [6.45, 7) is 9.30. The van der Waals surface area contributed by atoms with E-state index in [1.807, 2.05) is 0 Å². The van der Waals surface area contributed by atoms with Crippen LogP contribution >= 0.6 is 17.9 Å². The van der Waals surface area contributed by atoms with Crippen molar-refractivity contribution in [2.75, 3.05) is 9.31 Å². The van der Waals surface area contributed by atoms with Gasteiger partial charge in [0, 0.05) is 0 Å². The summed E-state index contributed by atoms with van der Waals surface area (Å²) in [6.07, 6.45) is 0. The van der Waals surface area contributed by atoms with Crippen molar-refractivity contribution in [3.05, 3.63) is 151 Å². The first-order valence-electron chi connectivity index (χ1n) is 14.8. The summed E-state index contributed by atoms with van der Waals surface area (Å²) in [4.78, 5) is 0. The summed E-state index contributed by atoms with van der Waals surface area (Å²) in [7, 11) is 4.01. The molecule has 0 aliphatic carbocycles. The molecule has 5 aromatic rings. The van der Waals surface area contributed by atoms with Gasteiger partial charge in [-0.1, -0.05) is 0 Å². The van der Waals surface area contributed by atoms with E-state index in [4.69, 9.17) is 10.0 Å². The monoisotopic (exact) mass is 665 g/mol. The predicted molar refractivity (Wildman–Crippen MR) is 191 cm³/mol. The van der Waals surface area contributed by atoms with E-state index in [0.717, 1.165) is 5.79 Å². The van der Waals surface area contributed by atoms with Gasteiger partial charge in [0.05, 0.1) is 0 Å². The standard InChI is InChI=1S/C37H39ClGeNPSi/c1-29(2)35-26-17-27-36(30(3)4)37(35)40(39-38)42(33-22-13-7-14-23-33,34-24-15-8-16-25-34)28-41(31-18-9-5-10-19-31)32-20-11-6-12-21-32/h5-27,29-30H,28H2,1-4H3. The van der Waals surface area contributed by atoms with Crippen molar-refractivity contribution in [3.8, 4) is 0 Å². The van der Waals surface area contributed by atoms with Crippen LogP contribution in [0.1, 0.15) is 50.7 Å². The fourth-order valence-electron chi connectivity index (χ4n) is 5.96. The SMILES string of the molecule is CC(C)c1cccc(C(C)C)c1[N]([Ge][Cl])[Si](CP(c1ccccc1)c1ccccc1)(c1ccccc1)c1ccccc1. The summed E-state index contributed by atoms with van der Waals surface area (Å²) in [5, 5.41) is 5.68. The van der Waals surface area contributed by atoms with Gasteiger partial charge in [-0.3, -0.25) is 0 Å². The minimum atomic E-state index is -2.72. The Morgan fingerprint density at radius 1 is 0.571 bits per heavy atom. The van der Waals surface area contributed by atoms with E-state index in [0.29, 0.717) is 11.8 Å². The quantitative estimate of drug-likeness (QED) is 0.102. The zero-order valence-corrected chi connectivity index (χ0v) is 29.7. The zero-order valence-electron chi connectivity index (χ0n) is 24.9. The molecule has 0 heterocycles. The average Bonchev–Trinajstić information content (AvgIpc) is 3.04. The molecule has 0 aromatic heterocycles. The molecule has 42 heavy (non-hydrogen) atoms. The van der Waals surface area contributed by atoms with Crippen LogP contribution in [-0.4, -0.2) is 28.7 Å². The zero-order chi connectivity index (χ0) is 29.5. The number of hydrogen-bond acceptors (Lipinski definition) is 1. The molecule has 2 radical (unpaired) electrons. The van der Waals surface area contributed by atoms with E-state index in [9.17, 15) is 0 Å². The molecule has 0 N–H and O–H groups in total. The van der Waals surface area contributed by atoms with Crippen molar-refractivity contribution >= 4 is 67.6 Å². The molecule has 0 atom stereocenters. The van der Waals surface area contributed by atoms with Crippen molar-refractivity contribution in [1.82, 2.24) is 0 Å². The van der Waals surface area contributed by atoms with Crippen LogP contribution in [0.15, 0.2) is 140 Å². The number of rotatable bonds is 11. The maximum absolute atomic E-state index is 7.41. The molecule has 0 fully saturated rings. The molecular weight excluding hydrogens is 626 g/mol. The van der Waals surface area contributed by atoms with Gasteiger partial charge >= 0.3 is 267 Å². The van der Waals surface area contributed by atoms with Crippen molar-refractivity contribution in [2.24, 2.45) is 0 Å². The van der Waals surface area contributed by atoms with E-state index in [2.05, 4.69) is 171 Å². The molecule has 5 aromatic carbocycles. The van der Waals surface area contributed by atoms with Gasteiger partial charge in [-0.05, 0) is 0 Å². The number of hydrogen-bond donors (Lipinski definition) is 0. The van der Waals surface area contributed by atoms with Crippen molar-refractivity contribution in [3.63, 3.8) is 0 Å². The second-order valence-corrected chi connectivity index (χ2v) is 20.9. The molecule has 5 heteroatoms. The Morgan fingerprint density at radius 2 is 0.952 bits per heavy atom. The molecule has 0 spiro atoms. The molecule has 0 saturated heterocycles. The Kier molecular flexibility index (Phi) is 10.4. The fraction of sp³-hybridized carbons (Fsp3) is 0.189. The van der Waals surface area contributed by atoms with Gasteiger partial charge in [0.2, 0.25) is 0 Å². The Balaban J connectivity index is 1.88. The molecule has 0 saturated carbocycles. The van der Waals surface area contributed by atoms with Crippen LogP contribution in [0.3, 0.4) is 0 Å². The Morgan fingerprint density at radius 3 is 1.31 bits per heavy atom. The van der Waals surface area contributed by atoms with Crippen LogP contribution in [0.5, 0.6) is 0 Å². The van der Waals surface area contributed by atoms with Gasteiger partial charge in [-0.2, -0.15) is 0 Å². The average molecular weight is 665 g/mol. The van der Waals surface area contributed by atoms with Crippen LogP contribution in [0.25, 0.3) is 0 Å². The Bertz CT molecular complexity index is 1440. The number of nitrogens with zero attached hydrogens (tertiary/aromatic N) is 1. The summed E-state index contributed by atoms with van der Waals surface area (Å²) in [5.74, 6) is 1.82. The van der Waals surface area contributed by atoms with Gasteiger partial charge in [-0.15, -0.1) is 0 Å². The maximum atomic E-state index is 7.41. The molecule has 0 aliphatic rings. The first-order valence-corrected chi connectivity index (χ1v) is 22.1. The van der Waals surface area contributed by atoms with E-state index < -0.39 is 30.9 Å². The minimum absolute atomic E-state index is 0.388. The molecule has 5 rings (SSSR count). The number of halogens is 1. The molecule has 0 aliphatic heterocycles. The molecule has 1 nitrogen and oxygen atoms in total. The van der Waals surface area contributed by atoms with Crippen molar-refractivity contribution < 1.29 is 0 Å². The van der Waals surface area contributed by atoms with E-state index in [1.165, 1.54) is 37.8 Å². The first-order chi connectivity index (χ1) is 20.5. The topological polar surface area (TPSA) is 3.24 Å². The molecule has 0 amide bonds. The summed E-state index contributed by atoms with van der Waals surface area (Å²) < 4.78 is 2.80. The Hall–Kier alpha value is -2.62. The van der Waals surface area contributed by atoms with Crippen LogP contribution in [0, 0.1) is 0 Å². The summed E-state index contributed by atoms with van der Waals surface area (Å²) >= 11 is -1.03. The fourth-order valence-corrected chi connectivity index (χ4v) is 23.0. The molecule has 0 bridgehead atoms. The third-order valence-corrected chi connectivity index (χ3v) is 22.0. The van der Waals surface area contributed by atoms with Crippen LogP contribution < -0.4 is 24.5 Å². The van der Waals surface area contributed by atoms with Gasteiger partial charge in [0.1, 0.15) is 0 Å². The number of anilines is 1. The van der Waals surface area contributed by atoms with Crippen LogP contribution in [0.2, 0.25) is 0 Å². The van der Waals surface area contributed by atoms with Crippen LogP contribution in [0.4, 0.5) is 5.69 Å². The van der Waals surface area contributed by atoms with E-state index in [1.54, 1.807) is 0 Å². The van der Waals surface area contributed by atoms with Crippen molar-refractivity contribution in [1.29, 1.82) is 0 Å². The van der Waals surface area contributed by atoms with Gasteiger partial charge in [0.15, 0.2) is 0 Å². The third kappa shape index (κ3) is 6.33. The van der Waals surface area contributed by atoms with Gasteiger partial charge < -0.3 is 0 Å². The second-order valence-electron chi connectivity index (χ2n) is 11.4. The third-order valence-electron chi connectivity index (χ3n) is 8.06. The van der Waals surface area contributed by atoms with Gasteiger partial charge in [-0.25, -0.2) is 0 Å². The van der Waals surface area contributed by atoms with Crippen molar-refractivity contribution in [2.45, 2.75) is 39.5 Å². The number of benzene rings is 5. The normalized spacial score (nSPS) is 11.8. The molecule has 212 valence electrons. The summed E-state index contributed by atoms with van der Waals surface area (Å²) in [6, 6.07) is 52.0. The number of para-hydroxylation sites is 1.